The monoisotopic (exact) mass is 514 g/mol. The van der Waals surface area contributed by atoms with Crippen molar-refractivity contribution >= 4 is 11.6 Å². The zero-order chi connectivity index (χ0) is 26.8. The molecule has 2 heterocycles. The average molecular weight is 515 g/mol. The summed E-state index contributed by atoms with van der Waals surface area (Å²) < 4.78 is 0. The molecular formula is C31H38N4O3. The van der Waals surface area contributed by atoms with Gasteiger partial charge in [0.15, 0.2) is 0 Å². The standard InChI is InChI=1S/C31H38N4O3/c1-21(2)27-15-28(30(37)16-29(27)36)31(38)35-19-24-8-9-26(14-25(24)20-35)32-17-22-4-6-23(7-5-22)18-34-12-10-33(3)11-13-34/h4-9,14-16,21,32,36-37H,10-13,17-20H2,1-3H3. The van der Waals surface area contributed by atoms with Crippen LogP contribution >= 0.6 is 0 Å². The van der Waals surface area contributed by atoms with Gasteiger partial charge in [0.05, 0.1) is 5.56 Å². The Morgan fingerprint density at radius 1 is 0.868 bits per heavy atom. The number of likely N-dealkylation sites (N-methyl/N-ethyl adjacent to an activating group) is 1. The van der Waals surface area contributed by atoms with Crippen molar-refractivity contribution in [2.45, 2.75) is 45.9 Å². The maximum absolute atomic E-state index is 13.2. The zero-order valence-electron chi connectivity index (χ0n) is 22.6. The maximum atomic E-state index is 13.2. The minimum Gasteiger partial charge on any atom is -0.508 e. The number of carbonyl (C=O) groups is 1. The van der Waals surface area contributed by atoms with Crippen molar-refractivity contribution in [1.29, 1.82) is 0 Å². The third kappa shape index (κ3) is 5.79. The lowest BCUT2D eigenvalue weighted by atomic mass is 9.98. The number of hydrogen-bond acceptors (Lipinski definition) is 6. The molecule has 7 heteroatoms. The Hall–Kier alpha value is -3.55. The molecule has 7 nitrogen and oxygen atoms in total. The van der Waals surface area contributed by atoms with Gasteiger partial charge < -0.3 is 25.3 Å². The quantitative estimate of drug-likeness (QED) is 0.423. The van der Waals surface area contributed by atoms with Gasteiger partial charge in [-0.15, -0.1) is 0 Å². The molecular weight excluding hydrogens is 476 g/mol. The Labute approximate surface area is 225 Å². The molecule has 3 aromatic rings. The Morgan fingerprint density at radius 2 is 1.55 bits per heavy atom. The van der Waals surface area contributed by atoms with E-state index < -0.39 is 0 Å². The first-order valence-electron chi connectivity index (χ1n) is 13.5. The number of hydrogen-bond donors (Lipinski definition) is 3. The van der Waals surface area contributed by atoms with Crippen LogP contribution in [0.1, 0.15) is 57.9 Å². The molecule has 3 N–H and O–H groups in total. The van der Waals surface area contributed by atoms with E-state index in [1.54, 1.807) is 11.0 Å². The van der Waals surface area contributed by atoms with Crippen LogP contribution in [0.2, 0.25) is 0 Å². The Morgan fingerprint density at radius 3 is 2.26 bits per heavy atom. The number of piperazine rings is 1. The third-order valence-corrected chi connectivity index (χ3v) is 7.73. The van der Waals surface area contributed by atoms with Crippen LogP contribution in [0.5, 0.6) is 11.5 Å². The lowest BCUT2D eigenvalue weighted by Crippen LogP contribution is -2.43. The van der Waals surface area contributed by atoms with Gasteiger partial charge in [0.2, 0.25) is 0 Å². The van der Waals surface area contributed by atoms with Gasteiger partial charge in [-0.05, 0) is 59.0 Å². The van der Waals surface area contributed by atoms with Crippen LogP contribution in [0.15, 0.2) is 54.6 Å². The highest BCUT2D eigenvalue weighted by molar-refractivity contribution is 5.97. The SMILES string of the molecule is CC(C)c1cc(C(=O)N2Cc3ccc(NCc4ccc(CN5CCN(C)CC5)cc4)cc3C2)c(O)cc1O. The number of aromatic hydroxyl groups is 2. The third-order valence-electron chi connectivity index (χ3n) is 7.73. The summed E-state index contributed by atoms with van der Waals surface area (Å²) in [5.41, 5.74) is 6.70. The summed E-state index contributed by atoms with van der Waals surface area (Å²) in [5, 5.41) is 24.0. The first-order chi connectivity index (χ1) is 18.3. The summed E-state index contributed by atoms with van der Waals surface area (Å²) in [6.07, 6.45) is 0. The normalized spacial score (nSPS) is 16.2. The molecule has 5 rings (SSSR count). The molecule has 38 heavy (non-hydrogen) atoms. The fourth-order valence-electron chi connectivity index (χ4n) is 5.28. The van der Waals surface area contributed by atoms with Gasteiger partial charge in [0, 0.05) is 64.1 Å². The van der Waals surface area contributed by atoms with Gasteiger partial charge >= 0.3 is 0 Å². The molecule has 0 aliphatic carbocycles. The first-order valence-corrected chi connectivity index (χ1v) is 13.5. The highest BCUT2D eigenvalue weighted by Gasteiger charge is 2.27. The summed E-state index contributed by atoms with van der Waals surface area (Å²) >= 11 is 0. The predicted molar refractivity (Wildman–Crippen MR) is 150 cm³/mol. The van der Waals surface area contributed by atoms with E-state index in [0.717, 1.165) is 56.1 Å². The minimum atomic E-state index is -0.230. The van der Waals surface area contributed by atoms with Gasteiger partial charge in [0.1, 0.15) is 11.5 Å². The molecule has 0 saturated carbocycles. The van der Waals surface area contributed by atoms with Crippen LogP contribution in [-0.4, -0.2) is 64.0 Å². The number of phenolic OH excluding ortho intramolecular Hbond substituents is 2. The number of nitrogens with zero attached hydrogens (tertiary/aromatic N) is 3. The maximum Gasteiger partial charge on any atom is 0.258 e. The summed E-state index contributed by atoms with van der Waals surface area (Å²) in [5.74, 6) is -0.365. The lowest BCUT2D eigenvalue weighted by molar-refractivity contribution is 0.0748. The van der Waals surface area contributed by atoms with E-state index in [4.69, 9.17) is 0 Å². The Bertz CT molecular complexity index is 1300. The van der Waals surface area contributed by atoms with Crippen LogP contribution in [0.25, 0.3) is 0 Å². The van der Waals surface area contributed by atoms with E-state index in [1.807, 2.05) is 13.8 Å². The first kappa shape index (κ1) is 26.1. The van der Waals surface area contributed by atoms with Crippen molar-refractivity contribution in [3.05, 3.63) is 88.0 Å². The van der Waals surface area contributed by atoms with Crippen LogP contribution in [0.4, 0.5) is 5.69 Å². The van der Waals surface area contributed by atoms with E-state index in [9.17, 15) is 15.0 Å². The fraction of sp³-hybridized carbons (Fsp3) is 0.387. The molecule has 0 bridgehead atoms. The van der Waals surface area contributed by atoms with Crippen molar-refractivity contribution in [1.82, 2.24) is 14.7 Å². The summed E-state index contributed by atoms with van der Waals surface area (Å²) in [4.78, 5) is 19.9. The Kier molecular flexibility index (Phi) is 7.58. The second kappa shape index (κ2) is 11.1. The molecule has 0 spiro atoms. The predicted octanol–water partition coefficient (Wildman–Crippen LogP) is 4.74. The van der Waals surface area contributed by atoms with Crippen LogP contribution in [-0.2, 0) is 26.2 Å². The molecule has 0 atom stereocenters. The van der Waals surface area contributed by atoms with E-state index in [2.05, 4.69) is 64.6 Å². The topological polar surface area (TPSA) is 79.3 Å². The molecule has 0 radical (unpaired) electrons. The molecule has 2 aliphatic heterocycles. The van der Waals surface area contributed by atoms with Gasteiger partial charge in [-0.1, -0.05) is 44.2 Å². The zero-order valence-corrected chi connectivity index (χ0v) is 22.6. The van der Waals surface area contributed by atoms with Crippen LogP contribution < -0.4 is 5.32 Å². The van der Waals surface area contributed by atoms with E-state index >= 15 is 0 Å². The van der Waals surface area contributed by atoms with Crippen molar-refractivity contribution in [2.24, 2.45) is 0 Å². The number of benzene rings is 3. The van der Waals surface area contributed by atoms with Gasteiger partial charge in [-0.25, -0.2) is 0 Å². The number of amides is 1. The van der Waals surface area contributed by atoms with E-state index in [1.165, 1.54) is 17.2 Å². The highest BCUT2D eigenvalue weighted by Crippen LogP contribution is 2.34. The molecule has 0 unspecified atom stereocenters. The number of fused-ring (bicyclic) bond motifs is 1. The highest BCUT2D eigenvalue weighted by atomic mass is 16.3. The van der Waals surface area contributed by atoms with E-state index in [0.29, 0.717) is 18.7 Å². The number of anilines is 1. The summed E-state index contributed by atoms with van der Waals surface area (Å²) in [6, 6.07) is 18.0. The minimum absolute atomic E-state index is 0.0131. The Balaban J connectivity index is 1.18. The van der Waals surface area contributed by atoms with Crippen molar-refractivity contribution in [3.63, 3.8) is 0 Å². The number of carbonyl (C=O) groups excluding carboxylic acids is 1. The van der Waals surface area contributed by atoms with E-state index in [-0.39, 0.29) is 28.9 Å². The smallest absolute Gasteiger partial charge is 0.258 e. The fourth-order valence-corrected chi connectivity index (χ4v) is 5.28. The molecule has 0 aromatic heterocycles. The second-order valence-corrected chi connectivity index (χ2v) is 11.0. The number of rotatable bonds is 7. The lowest BCUT2D eigenvalue weighted by Gasteiger charge is -2.32. The van der Waals surface area contributed by atoms with Crippen LogP contribution in [0.3, 0.4) is 0 Å². The van der Waals surface area contributed by atoms with Crippen molar-refractivity contribution in [3.8, 4) is 11.5 Å². The molecule has 2 aliphatic rings. The van der Waals surface area contributed by atoms with Gasteiger partial charge in [-0.2, -0.15) is 0 Å². The largest absolute Gasteiger partial charge is 0.508 e. The molecule has 1 saturated heterocycles. The van der Waals surface area contributed by atoms with Crippen molar-refractivity contribution in [2.75, 3.05) is 38.5 Å². The molecule has 1 amide bonds. The van der Waals surface area contributed by atoms with Gasteiger partial charge in [0.25, 0.3) is 5.91 Å². The summed E-state index contributed by atoms with van der Waals surface area (Å²) in [6.45, 7) is 11.1. The summed E-state index contributed by atoms with van der Waals surface area (Å²) in [7, 11) is 2.18. The van der Waals surface area contributed by atoms with Crippen LogP contribution in [0, 0.1) is 0 Å². The second-order valence-electron chi connectivity index (χ2n) is 11.0. The van der Waals surface area contributed by atoms with Gasteiger partial charge in [-0.3, -0.25) is 9.69 Å². The molecule has 1 fully saturated rings. The van der Waals surface area contributed by atoms with Crippen molar-refractivity contribution < 1.29 is 15.0 Å². The number of nitrogens with one attached hydrogen (secondary N) is 1. The average Bonchev–Trinajstić information content (AvgIpc) is 3.33. The molecule has 3 aromatic carbocycles. The number of phenols is 2. The molecule has 200 valence electrons.